The molecule has 0 unspecified atom stereocenters. The molecular formula is C22H23Cl2N5O3. The molecule has 168 valence electrons. The average Bonchev–Trinajstić information content (AvgIpc) is 3.34. The number of anilines is 1. The summed E-state index contributed by atoms with van der Waals surface area (Å²) in [6, 6.07) is 7.09. The second kappa shape index (κ2) is 8.77. The third-order valence-corrected chi connectivity index (χ3v) is 6.66. The number of hydrogen-bond acceptors (Lipinski definition) is 6. The lowest BCUT2D eigenvalue weighted by atomic mass is 10.0. The summed E-state index contributed by atoms with van der Waals surface area (Å²) in [7, 11) is 0. The Morgan fingerprint density at radius 2 is 1.94 bits per heavy atom. The van der Waals surface area contributed by atoms with Gasteiger partial charge < -0.3 is 19.9 Å². The van der Waals surface area contributed by atoms with E-state index in [1.807, 2.05) is 6.07 Å². The zero-order valence-corrected chi connectivity index (χ0v) is 18.8. The fourth-order valence-corrected chi connectivity index (χ4v) is 4.68. The van der Waals surface area contributed by atoms with Crippen LogP contribution in [0.2, 0.25) is 10.0 Å². The highest BCUT2D eigenvalue weighted by molar-refractivity contribution is 6.39. The van der Waals surface area contributed by atoms with Crippen molar-refractivity contribution in [3.63, 3.8) is 0 Å². The zero-order valence-electron chi connectivity index (χ0n) is 17.3. The number of nitrogens with one attached hydrogen (secondary N) is 1. The van der Waals surface area contributed by atoms with Crippen molar-refractivity contribution in [1.29, 1.82) is 0 Å². The summed E-state index contributed by atoms with van der Waals surface area (Å²) in [5.74, 6) is 1.47. The van der Waals surface area contributed by atoms with Gasteiger partial charge in [0.2, 0.25) is 0 Å². The molecular weight excluding hydrogens is 453 g/mol. The molecule has 0 bridgehead atoms. The first kappa shape index (κ1) is 21.3. The molecule has 2 aromatic heterocycles. The number of halogens is 2. The highest BCUT2D eigenvalue weighted by Crippen LogP contribution is 2.46. The second-order valence-electron chi connectivity index (χ2n) is 8.25. The predicted octanol–water partition coefficient (Wildman–Crippen LogP) is 4.53. The number of H-pyrrole nitrogens is 1. The van der Waals surface area contributed by atoms with Crippen LogP contribution in [0.1, 0.15) is 53.4 Å². The third kappa shape index (κ3) is 4.22. The predicted molar refractivity (Wildman–Crippen MR) is 121 cm³/mol. The normalized spacial score (nSPS) is 17.1. The Balaban J connectivity index is 1.27. The molecule has 8 nitrogen and oxygen atoms in total. The number of nitrogens with two attached hydrogens (primary N) is 1. The summed E-state index contributed by atoms with van der Waals surface area (Å²) in [6.45, 7) is 1.94. The van der Waals surface area contributed by atoms with E-state index >= 15 is 0 Å². The zero-order chi connectivity index (χ0) is 22.2. The van der Waals surface area contributed by atoms with E-state index < -0.39 is 5.91 Å². The first-order valence-electron chi connectivity index (χ1n) is 10.7. The minimum absolute atomic E-state index is 0.0947. The molecule has 3 heterocycles. The Labute approximate surface area is 195 Å². The first-order chi connectivity index (χ1) is 15.5. The minimum Gasteiger partial charge on any atom is -0.373 e. The maximum atomic E-state index is 11.3. The molecule has 10 heteroatoms. The van der Waals surface area contributed by atoms with Crippen LogP contribution in [0.25, 0.3) is 11.3 Å². The summed E-state index contributed by atoms with van der Waals surface area (Å²) in [5.41, 5.74) is 7.89. The Kier molecular flexibility index (Phi) is 5.84. The molecule has 1 amide bonds. The smallest absolute Gasteiger partial charge is 0.266 e. The molecule has 32 heavy (non-hydrogen) atoms. The van der Waals surface area contributed by atoms with Crippen molar-refractivity contribution in [1.82, 2.24) is 15.4 Å². The number of amides is 1. The van der Waals surface area contributed by atoms with Crippen LogP contribution < -0.4 is 10.6 Å². The number of carbonyl (C=O) groups excluding carboxylic acids is 1. The van der Waals surface area contributed by atoms with Gasteiger partial charge in [-0.25, -0.2) is 0 Å². The largest absolute Gasteiger partial charge is 0.373 e. The number of rotatable bonds is 7. The molecule has 0 radical (unpaired) electrons. The molecule has 2 fully saturated rings. The molecule has 1 saturated carbocycles. The van der Waals surface area contributed by atoms with Crippen LogP contribution in [-0.2, 0) is 11.3 Å². The fraction of sp³-hybridized carbons (Fsp3) is 0.409. The number of nitrogens with zero attached hydrogens (tertiary/aromatic N) is 3. The monoisotopic (exact) mass is 475 g/mol. The highest BCUT2D eigenvalue weighted by atomic mass is 35.5. The van der Waals surface area contributed by atoms with Gasteiger partial charge in [0.05, 0.1) is 22.8 Å². The van der Waals surface area contributed by atoms with Crippen LogP contribution in [-0.4, -0.2) is 40.5 Å². The molecule has 1 aromatic carbocycles. The summed E-state index contributed by atoms with van der Waals surface area (Å²) in [4.78, 5) is 13.4. The fourth-order valence-electron chi connectivity index (χ4n) is 4.10. The van der Waals surface area contributed by atoms with Crippen molar-refractivity contribution in [2.75, 3.05) is 18.0 Å². The van der Waals surface area contributed by atoms with Gasteiger partial charge in [0.1, 0.15) is 17.1 Å². The molecule has 1 aliphatic heterocycles. The van der Waals surface area contributed by atoms with Gasteiger partial charge in [0.15, 0.2) is 5.82 Å². The Bertz CT molecular complexity index is 1110. The van der Waals surface area contributed by atoms with Crippen molar-refractivity contribution >= 4 is 34.9 Å². The molecule has 1 aliphatic carbocycles. The number of hydrogen-bond donors (Lipinski definition) is 2. The Morgan fingerprint density at radius 3 is 2.56 bits per heavy atom. The van der Waals surface area contributed by atoms with Gasteiger partial charge in [0.25, 0.3) is 5.91 Å². The maximum absolute atomic E-state index is 11.3. The van der Waals surface area contributed by atoms with Crippen LogP contribution in [0, 0.1) is 0 Å². The SMILES string of the molecule is NC(=O)c1cc(N2CCC(OCc3c(-c4c(Cl)cccc4Cl)noc3C3CC3)CC2)n[nH]1. The number of aromatic nitrogens is 3. The molecule has 2 aliphatic rings. The van der Waals surface area contributed by atoms with Gasteiger partial charge >= 0.3 is 0 Å². The van der Waals surface area contributed by atoms with Crippen LogP contribution in [0.15, 0.2) is 28.8 Å². The lowest BCUT2D eigenvalue weighted by Gasteiger charge is -2.31. The molecule has 3 aromatic rings. The van der Waals surface area contributed by atoms with Crippen LogP contribution >= 0.6 is 23.2 Å². The van der Waals surface area contributed by atoms with E-state index in [-0.39, 0.29) is 6.10 Å². The number of piperidine rings is 1. The molecule has 0 spiro atoms. The molecule has 3 N–H and O–H groups in total. The molecule has 0 atom stereocenters. The summed E-state index contributed by atoms with van der Waals surface area (Å²) in [6.07, 6.45) is 3.95. The van der Waals surface area contributed by atoms with Crippen molar-refractivity contribution in [2.24, 2.45) is 5.73 Å². The van der Waals surface area contributed by atoms with Crippen LogP contribution in [0.5, 0.6) is 0 Å². The van der Waals surface area contributed by atoms with Crippen LogP contribution in [0.4, 0.5) is 5.82 Å². The maximum Gasteiger partial charge on any atom is 0.266 e. The van der Waals surface area contributed by atoms with E-state index in [0.717, 1.165) is 55.9 Å². The quantitative estimate of drug-likeness (QED) is 0.519. The van der Waals surface area contributed by atoms with Crippen molar-refractivity contribution in [3.05, 3.63) is 51.3 Å². The van der Waals surface area contributed by atoms with Gasteiger partial charge in [-0.1, -0.05) is 34.4 Å². The number of ether oxygens (including phenoxy) is 1. The Morgan fingerprint density at radius 1 is 1.22 bits per heavy atom. The highest BCUT2D eigenvalue weighted by Gasteiger charge is 2.34. The summed E-state index contributed by atoms with van der Waals surface area (Å²) in [5, 5.41) is 12.3. The van der Waals surface area contributed by atoms with E-state index in [2.05, 4.69) is 20.3 Å². The first-order valence-corrected chi connectivity index (χ1v) is 11.4. The van der Waals surface area contributed by atoms with E-state index in [1.165, 1.54) is 0 Å². The van der Waals surface area contributed by atoms with E-state index in [0.29, 0.717) is 39.5 Å². The van der Waals surface area contributed by atoms with Gasteiger partial charge in [0, 0.05) is 36.2 Å². The molecule has 5 rings (SSSR count). The van der Waals surface area contributed by atoms with Gasteiger partial charge in [-0.3, -0.25) is 9.89 Å². The van der Waals surface area contributed by atoms with Crippen molar-refractivity contribution in [2.45, 2.75) is 44.3 Å². The lowest BCUT2D eigenvalue weighted by molar-refractivity contribution is 0.0245. The van der Waals surface area contributed by atoms with Crippen molar-refractivity contribution in [3.8, 4) is 11.3 Å². The standard InChI is InChI=1S/C22H23Cl2N5O3/c23-15-2-1-3-16(24)19(15)20-14(21(32-28-20)12-4-5-12)11-31-13-6-8-29(9-7-13)18-10-17(22(25)30)26-27-18/h1-3,10,12-13H,4-9,11H2,(H2,25,30)(H,26,27). The summed E-state index contributed by atoms with van der Waals surface area (Å²) < 4.78 is 12.0. The average molecular weight is 476 g/mol. The summed E-state index contributed by atoms with van der Waals surface area (Å²) >= 11 is 12.9. The number of benzene rings is 1. The second-order valence-corrected chi connectivity index (χ2v) is 9.06. The third-order valence-electron chi connectivity index (χ3n) is 6.03. The van der Waals surface area contributed by atoms with E-state index in [9.17, 15) is 4.79 Å². The van der Waals surface area contributed by atoms with Crippen LogP contribution in [0.3, 0.4) is 0 Å². The van der Waals surface area contributed by atoms with Gasteiger partial charge in [-0.05, 0) is 37.8 Å². The number of primary amides is 1. The Hall–Kier alpha value is -2.55. The van der Waals surface area contributed by atoms with E-state index in [4.69, 9.17) is 38.2 Å². The number of carbonyl (C=O) groups is 1. The van der Waals surface area contributed by atoms with Gasteiger partial charge in [-0.2, -0.15) is 5.10 Å². The molecule has 1 saturated heterocycles. The van der Waals surface area contributed by atoms with Gasteiger partial charge in [-0.15, -0.1) is 0 Å². The lowest BCUT2D eigenvalue weighted by Crippen LogP contribution is -2.37. The number of aromatic amines is 1. The van der Waals surface area contributed by atoms with E-state index in [1.54, 1.807) is 18.2 Å². The van der Waals surface area contributed by atoms with Crippen molar-refractivity contribution < 1.29 is 14.1 Å². The minimum atomic E-state index is -0.517. The topological polar surface area (TPSA) is 110 Å².